The third-order valence-corrected chi connectivity index (χ3v) is 5.71. The van der Waals surface area contributed by atoms with Crippen molar-refractivity contribution in [1.82, 2.24) is 4.98 Å². The molecule has 0 saturated carbocycles. The molecule has 312 valence electrons. The summed E-state index contributed by atoms with van der Waals surface area (Å²) in [7, 11) is 1.34. The topological polar surface area (TPSA) is 143 Å². The van der Waals surface area contributed by atoms with E-state index in [1.54, 1.807) is 45.1 Å². The van der Waals surface area contributed by atoms with Crippen LogP contribution in [0.15, 0.2) is 53.2 Å². The Hall–Kier alpha value is -3.64. The molecule has 0 unspecified atom stereocenters. The number of nitrogens with zero attached hydrogens (tertiary/aromatic N) is 1. The lowest BCUT2D eigenvalue weighted by atomic mass is 9.90. The van der Waals surface area contributed by atoms with Gasteiger partial charge in [-0.25, -0.2) is 14.2 Å². The number of carbonyl (C=O) groups excluding carboxylic acids is 5. The quantitative estimate of drug-likeness (QED) is 0.213. The van der Waals surface area contributed by atoms with Gasteiger partial charge in [0.05, 0.1) is 19.3 Å². The Morgan fingerprint density at radius 3 is 1.39 bits per heavy atom. The molecule has 0 aliphatic heterocycles. The van der Waals surface area contributed by atoms with E-state index in [0.29, 0.717) is 6.61 Å². The molecule has 1 amide bonds. The highest BCUT2D eigenvalue weighted by molar-refractivity contribution is 7.08. The molecule has 0 fully saturated rings. The Balaban J connectivity index is -0.000000181. The van der Waals surface area contributed by atoms with Crippen molar-refractivity contribution in [1.29, 1.82) is 0 Å². The van der Waals surface area contributed by atoms with Crippen molar-refractivity contribution >= 4 is 40.6 Å². The first-order valence-corrected chi connectivity index (χ1v) is 18.5. The number of amides is 1. The average Bonchev–Trinajstić information content (AvgIpc) is 3.40. The highest BCUT2D eigenvalue weighted by Crippen LogP contribution is 2.17. The Kier molecular flexibility index (Phi) is 32.8. The second-order valence-corrected chi connectivity index (χ2v) is 17.5. The zero-order chi connectivity index (χ0) is 44.3. The predicted octanol–water partition coefficient (Wildman–Crippen LogP) is 10.8. The molecule has 1 rings (SSSR count). The van der Waals surface area contributed by atoms with E-state index in [9.17, 15) is 32.8 Å². The van der Waals surface area contributed by atoms with Gasteiger partial charge in [-0.15, -0.1) is 0 Å². The third kappa shape index (κ3) is 46.4. The molecule has 12 heteroatoms. The van der Waals surface area contributed by atoms with E-state index in [0.717, 1.165) is 28.9 Å². The number of carbonyl (C=O) groups is 5. The summed E-state index contributed by atoms with van der Waals surface area (Å²) in [4.78, 5) is 57.1. The van der Waals surface area contributed by atoms with Crippen LogP contribution in [0.4, 0.5) is 8.78 Å². The third-order valence-electron chi connectivity index (χ3n) is 5.08. The van der Waals surface area contributed by atoms with Gasteiger partial charge in [-0.2, -0.15) is 4.39 Å². The first-order valence-electron chi connectivity index (χ1n) is 17.6. The van der Waals surface area contributed by atoms with E-state index in [-0.39, 0.29) is 45.4 Å². The summed E-state index contributed by atoms with van der Waals surface area (Å²) < 4.78 is 33.8. The minimum absolute atomic E-state index is 0.0162. The van der Waals surface area contributed by atoms with Crippen LogP contribution in [-0.2, 0) is 28.7 Å². The zero-order valence-corrected chi connectivity index (χ0v) is 37.7. The number of methoxy groups -OCH3 is 1. The van der Waals surface area contributed by atoms with Crippen LogP contribution in [0.25, 0.3) is 0 Å². The molecular formula is C42H72F2N2O7S. The van der Waals surface area contributed by atoms with Gasteiger partial charge < -0.3 is 15.2 Å². The average molecular weight is 787 g/mol. The zero-order valence-electron chi connectivity index (χ0n) is 36.9. The van der Waals surface area contributed by atoms with Crippen molar-refractivity contribution < 1.29 is 42.2 Å². The molecule has 0 atom stereocenters. The summed E-state index contributed by atoms with van der Waals surface area (Å²) in [6.07, 6.45) is 9.09. The number of primary amides is 1. The number of allylic oxidation sites excluding steroid dienone is 6. The normalized spacial score (nSPS) is 11.5. The van der Waals surface area contributed by atoms with E-state index in [4.69, 9.17) is 10.5 Å². The predicted molar refractivity (Wildman–Crippen MR) is 220 cm³/mol. The number of hydrogen-bond acceptors (Lipinski definition) is 9. The van der Waals surface area contributed by atoms with Crippen LogP contribution in [0.1, 0.15) is 142 Å². The van der Waals surface area contributed by atoms with Crippen molar-refractivity contribution in [2.75, 3.05) is 13.7 Å². The van der Waals surface area contributed by atoms with Crippen molar-refractivity contribution in [2.24, 2.45) is 27.9 Å². The van der Waals surface area contributed by atoms with Gasteiger partial charge in [0, 0.05) is 33.8 Å². The largest absolute Gasteiger partial charge is 0.466 e. The standard InChI is InChI=1S/C9H16O3.C9H16O.C8H13FO.C8H14O.C4H3FN2OS.C4H10/c1-9(2,3)12-7-5-6-8(10)11-4;1-7(2)6-8(10)9(3,4)5;1-6(9)5-7(10)8(2,3)4;1-5-6-7(9)8(2,3)4;5-4-7-2(1-9-4)3(6)8;1-4(2)3/h5-6H,7H2,1-4H3;6H,1-5H3;5H,1-4H3;5-6H,1-4H3;1H,(H2,6,8);4H,1-3H3/b6-5+;;6-5-;6-5+;;. The lowest BCUT2D eigenvalue weighted by Crippen LogP contribution is -2.19. The van der Waals surface area contributed by atoms with Gasteiger partial charge in [-0.1, -0.05) is 112 Å². The van der Waals surface area contributed by atoms with Gasteiger partial charge in [0.25, 0.3) is 11.2 Å². The number of halogens is 2. The molecule has 2 N–H and O–H groups in total. The molecule has 0 spiro atoms. The lowest BCUT2D eigenvalue weighted by Gasteiger charge is -2.17. The first kappa shape index (κ1) is 59.6. The lowest BCUT2D eigenvalue weighted by molar-refractivity contribution is -0.135. The van der Waals surface area contributed by atoms with Gasteiger partial charge in [-0.3, -0.25) is 19.2 Å². The fraction of sp³-hybridized carbons (Fsp3) is 0.619. The molecule has 9 nitrogen and oxygen atoms in total. The maximum absolute atomic E-state index is 12.1. The molecule has 0 aromatic carbocycles. The van der Waals surface area contributed by atoms with E-state index < -0.39 is 22.4 Å². The first-order chi connectivity index (χ1) is 24.0. The molecule has 1 aromatic rings. The Morgan fingerprint density at radius 2 is 1.20 bits per heavy atom. The molecule has 0 radical (unpaired) electrons. The highest BCUT2D eigenvalue weighted by atomic mass is 32.1. The molecular weight excluding hydrogens is 715 g/mol. The number of nitrogens with two attached hydrogens (primary N) is 1. The number of hydrogen-bond donors (Lipinski definition) is 1. The number of ether oxygens (including phenoxy) is 2. The number of thiazole rings is 1. The molecule has 1 heterocycles. The molecule has 0 aliphatic carbocycles. The summed E-state index contributed by atoms with van der Waals surface area (Å²) >= 11 is 0.754. The van der Waals surface area contributed by atoms with Crippen LogP contribution in [0.3, 0.4) is 0 Å². The fourth-order valence-electron chi connectivity index (χ4n) is 2.15. The maximum atomic E-state index is 12.1. The Morgan fingerprint density at radius 1 is 0.796 bits per heavy atom. The summed E-state index contributed by atoms with van der Waals surface area (Å²) in [5.41, 5.74) is 4.75. The number of esters is 1. The van der Waals surface area contributed by atoms with Crippen LogP contribution in [0.2, 0.25) is 0 Å². The molecule has 54 heavy (non-hydrogen) atoms. The smallest absolute Gasteiger partial charge is 0.330 e. The molecule has 0 bridgehead atoms. The van der Waals surface area contributed by atoms with Crippen molar-refractivity contribution in [3.63, 3.8) is 0 Å². The van der Waals surface area contributed by atoms with Crippen molar-refractivity contribution in [3.05, 3.63) is 64.2 Å². The summed E-state index contributed by atoms with van der Waals surface area (Å²) in [6, 6.07) is 0. The van der Waals surface area contributed by atoms with E-state index >= 15 is 0 Å². The van der Waals surface area contributed by atoms with Crippen LogP contribution in [0, 0.1) is 27.4 Å². The van der Waals surface area contributed by atoms with Gasteiger partial charge in [0.2, 0.25) is 0 Å². The number of rotatable bonds is 7. The minimum Gasteiger partial charge on any atom is -0.466 e. The Labute approximate surface area is 330 Å². The van der Waals surface area contributed by atoms with Gasteiger partial charge in [0.1, 0.15) is 11.5 Å². The van der Waals surface area contributed by atoms with Gasteiger partial charge in [-0.05, 0) is 66.5 Å². The SMILES string of the molecule is C/C(F)=C/C(=O)C(C)(C)C.C/C=C/C(=O)C(C)(C)C.CC(C)=CC(=O)C(C)(C)C.CC(C)C.COC(=O)/C=C/COC(C)(C)C.NC(=O)c1csc(F)n1. The van der Waals surface area contributed by atoms with Gasteiger partial charge >= 0.3 is 5.97 Å². The maximum Gasteiger partial charge on any atom is 0.330 e. The second-order valence-electron chi connectivity index (χ2n) is 16.7. The van der Waals surface area contributed by atoms with Crippen LogP contribution in [-0.4, -0.2) is 53.5 Å². The summed E-state index contributed by atoms with van der Waals surface area (Å²) in [5.74, 6) is -0.437. The highest BCUT2D eigenvalue weighted by Gasteiger charge is 2.19. The van der Waals surface area contributed by atoms with E-state index in [2.05, 4.69) is 30.5 Å². The molecule has 0 aliphatic rings. The fourth-order valence-corrected chi connectivity index (χ4v) is 2.68. The van der Waals surface area contributed by atoms with Crippen LogP contribution < -0.4 is 5.73 Å². The van der Waals surface area contributed by atoms with Crippen LogP contribution in [0.5, 0.6) is 0 Å². The van der Waals surface area contributed by atoms with E-state index in [1.165, 1.54) is 25.5 Å². The Bertz CT molecular complexity index is 1330. The van der Waals surface area contributed by atoms with Crippen molar-refractivity contribution in [3.8, 4) is 0 Å². The second kappa shape index (κ2) is 29.7. The summed E-state index contributed by atoms with van der Waals surface area (Å²) in [5, 5.41) is 0.640. The molecule has 1 aromatic heterocycles. The minimum atomic E-state index is -0.699. The molecule has 0 saturated heterocycles. The van der Waals surface area contributed by atoms with Crippen LogP contribution >= 0.6 is 11.3 Å². The number of ketones is 3. The van der Waals surface area contributed by atoms with Crippen molar-refractivity contribution in [2.45, 2.75) is 137 Å². The number of aromatic nitrogens is 1. The van der Waals surface area contributed by atoms with E-state index in [1.807, 2.05) is 83.1 Å². The monoisotopic (exact) mass is 787 g/mol. The summed E-state index contributed by atoms with van der Waals surface area (Å²) in [6.45, 7) is 36.6. The van der Waals surface area contributed by atoms with Gasteiger partial charge in [0.15, 0.2) is 17.3 Å².